The molecule has 3 heterocycles. The standard InChI is InChI=1S/C46H28N4S/c1-3-12-29(13-4-1)44-48-45(30-14-5-2-6-15-30)50-46(49-44)35-25-33(31-21-22-41-40(27-31)43-42(51-41)20-11-23-47-43)24-34(26-35)39-28-32-16-7-8-17-36(32)37-18-9-10-19-38(37)39/h1-28H. The van der Waals surface area contributed by atoms with E-state index in [-0.39, 0.29) is 0 Å². The first kappa shape index (κ1) is 29.4. The summed E-state index contributed by atoms with van der Waals surface area (Å²) in [6.45, 7) is 0. The number of fused-ring (bicyclic) bond motifs is 6. The van der Waals surface area contributed by atoms with Crippen molar-refractivity contribution in [2.24, 2.45) is 0 Å². The summed E-state index contributed by atoms with van der Waals surface area (Å²) in [5.41, 5.74) is 8.30. The average Bonchev–Trinajstić information content (AvgIpc) is 3.59. The van der Waals surface area contributed by atoms with E-state index in [1.54, 1.807) is 11.3 Å². The summed E-state index contributed by atoms with van der Waals surface area (Å²) in [7, 11) is 0. The van der Waals surface area contributed by atoms with Gasteiger partial charge in [-0.3, -0.25) is 4.98 Å². The van der Waals surface area contributed by atoms with E-state index in [1.807, 2.05) is 72.9 Å². The molecule has 7 aromatic carbocycles. The van der Waals surface area contributed by atoms with Crippen molar-refractivity contribution in [1.82, 2.24) is 19.9 Å². The van der Waals surface area contributed by atoms with Gasteiger partial charge in [0.2, 0.25) is 0 Å². The molecule has 3 aromatic heterocycles. The SMILES string of the molecule is c1ccc(-c2nc(-c3ccccc3)nc(-c3cc(-c4ccc5sc6cccnc6c5c4)cc(-c4cc5ccccc5c5ccccc45)c3)n2)cc1. The lowest BCUT2D eigenvalue weighted by atomic mass is 9.90. The van der Waals surface area contributed by atoms with Gasteiger partial charge in [0, 0.05) is 33.0 Å². The van der Waals surface area contributed by atoms with Crippen molar-refractivity contribution in [2.45, 2.75) is 0 Å². The molecule has 0 atom stereocenters. The summed E-state index contributed by atoms with van der Waals surface area (Å²) < 4.78 is 2.41. The molecule has 10 aromatic rings. The molecule has 0 N–H and O–H groups in total. The third-order valence-corrected chi connectivity index (χ3v) is 10.7. The quantitative estimate of drug-likeness (QED) is 0.171. The van der Waals surface area contributed by atoms with Crippen LogP contribution in [0.3, 0.4) is 0 Å². The zero-order valence-corrected chi connectivity index (χ0v) is 28.2. The Morgan fingerprint density at radius 1 is 0.353 bits per heavy atom. The molecule has 0 spiro atoms. The first-order valence-electron chi connectivity index (χ1n) is 17.0. The number of hydrogen-bond acceptors (Lipinski definition) is 5. The van der Waals surface area contributed by atoms with Gasteiger partial charge in [0.25, 0.3) is 0 Å². The van der Waals surface area contributed by atoms with Gasteiger partial charge in [-0.05, 0) is 92.3 Å². The first-order valence-corrected chi connectivity index (χ1v) is 17.8. The van der Waals surface area contributed by atoms with Crippen molar-refractivity contribution in [2.75, 3.05) is 0 Å². The largest absolute Gasteiger partial charge is 0.255 e. The molecule has 51 heavy (non-hydrogen) atoms. The predicted molar refractivity (Wildman–Crippen MR) is 213 cm³/mol. The lowest BCUT2D eigenvalue weighted by molar-refractivity contribution is 1.07. The summed E-state index contributed by atoms with van der Waals surface area (Å²) in [6.07, 6.45) is 1.88. The van der Waals surface area contributed by atoms with Gasteiger partial charge >= 0.3 is 0 Å². The molecule has 0 saturated carbocycles. The number of thiophene rings is 1. The maximum atomic E-state index is 5.13. The fourth-order valence-electron chi connectivity index (χ4n) is 7.09. The highest BCUT2D eigenvalue weighted by molar-refractivity contribution is 7.25. The van der Waals surface area contributed by atoms with Crippen molar-refractivity contribution < 1.29 is 0 Å². The maximum Gasteiger partial charge on any atom is 0.164 e. The normalized spacial score (nSPS) is 11.5. The molecule has 0 saturated heterocycles. The van der Waals surface area contributed by atoms with Gasteiger partial charge < -0.3 is 0 Å². The zero-order valence-electron chi connectivity index (χ0n) is 27.4. The molecular formula is C46H28N4S. The minimum Gasteiger partial charge on any atom is -0.255 e. The number of benzene rings is 7. The van der Waals surface area contributed by atoms with E-state index in [9.17, 15) is 0 Å². The molecule has 0 aliphatic rings. The van der Waals surface area contributed by atoms with Crippen LogP contribution in [-0.4, -0.2) is 19.9 Å². The van der Waals surface area contributed by atoms with Gasteiger partial charge in [0.05, 0.1) is 10.2 Å². The Balaban J connectivity index is 1.25. The molecule has 238 valence electrons. The zero-order chi connectivity index (χ0) is 33.7. The number of hydrogen-bond donors (Lipinski definition) is 0. The Labute approximate surface area is 298 Å². The van der Waals surface area contributed by atoms with E-state index in [2.05, 4.69) is 97.1 Å². The van der Waals surface area contributed by atoms with E-state index in [4.69, 9.17) is 19.9 Å². The number of nitrogens with zero attached hydrogens (tertiary/aromatic N) is 4. The summed E-state index contributed by atoms with van der Waals surface area (Å²) in [5.74, 6) is 1.90. The second-order valence-corrected chi connectivity index (χ2v) is 13.8. The third-order valence-electron chi connectivity index (χ3n) is 9.53. The van der Waals surface area contributed by atoms with Gasteiger partial charge in [0.1, 0.15) is 0 Å². The second-order valence-electron chi connectivity index (χ2n) is 12.7. The second kappa shape index (κ2) is 12.1. The Kier molecular flexibility index (Phi) is 6.96. The summed E-state index contributed by atoms with van der Waals surface area (Å²) >= 11 is 1.78. The van der Waals surface area contributed by atoms with Crippen molar-refractivity contribution in [3.8, 4) is 56.4 Å². The minimum absolute atomic E-state index is 0.625. The van der Waals surface area contributed by atoms with E-state index >= 15 is 0 Å². The third kappa shape index (κ3) is 5.23. The van der Waals surface area contributed by atoms with Crippen LogP contribution >= 0.6 is 11.3 Å². The van der Waals surface area contributed by atoms with E-state index in [0.29, 0.717) is 17.5 Å². The van der Waals surface area contributed by atoms with Crippen LogP contribution in [0, 0.1) is 0 Å². The van der Waals surface area contributed by atoms with Crippen LogP contribution in [0.25, 0.3) is 98.3 Å². The van der Waals surface area contributed by atoms with Crippen molar-refractivity contribution in [3.05, 3.63) is 170 Å². The van der Waals surface area contributed by atoms with E-state index in [0.717, 1.165) is 49.8 Å². The van der Waals surface area contributed by atoms with Gasteiger partial charge in [-0.15, -0.1) is 11.3 Å². The van der Waals surface area contributed by atoms with Crippen molar-refractivity contribution >= 4 is 53.2 Å². The lowest BCUT2D eigenvalue weighted by Gasteiger charge is -2.15. The Morgan fingerprint density at radius 3 is 1.71 bits per heavy atom. The topological polar surface area (TPSA) is 51.6 Å². The fourth-order valence-corrected chi connectivity index (χ4v) is 8.13. The molecular weight excluding hydrogens is 641 g/mol. The van der Waals surface area contributed by atoms with E-state index in [1.165, 1.54) is 30.9 Å². The van der Waals surface area contributed by atoms with Gasteiger partial charge in [-0.2, -0.15) is 0 Å². The predicted octanol–water partition coefficient (Wildman–Crippen LogP) is 12.3. The molecule has 0 unspecified atom stereocenters. The minimum atomic E-state index is 0.625. The molecule has 0 aliphatic carbocycles. The monoisotopic (exact) mass is 668 g/mol. The first-order chi connectivity index (χ1) is 25.2. The van der Waals surface area contributed by atoms with Gasteiger partial charge in [-0.25, -0.2) is 15.0 Å². The number of rotatable bonds is 5. The highest BCUT2D eigenvalue weighted by Crippen LogP contribution is 2.41. The van der Waals surface area contributed by atoms with Crippen LogP contribution in [0.4, 0.5) is 0 Å². The number of aromatic nitrogens is 4. The van der Waals surface area contributed by atoms with Crippen LogP contribution in [0.2, 0.25) is 0 Å². The summed E-state index contributed by atoms with van der Waals surface area (Å²) in [6, 6.07) is 57.5. The van der Waals surface area contributed by atoms with Crippen LogP contribution in [0.15, 0.2) is 170 Å². The highest BCUT2D eigenvalue weighted by Gasteiger charge is 2.17. The molecule has 0 fully saturated rings. The Morgan fingerprint density at radius 2 is 0.961 bits per heavy atom. The fraction of sp³-hybridized carbons (Fsp3) is 0. The number of pyridine rings is 1. The highest BCUT2D eigenvalue weighted by atomic mass is 32.1. The maximum absolute atomic E-state index is 5.13. The molecule has 0 radical (unpaired) electrons. The van der Waals surface area contributed by atoms with Crippen molar-refractivity contribution in [1.29, 1.82) is 0 Å². The molecule has 4 nitrogen and oxygen atoms in total. The molecule has 0 aliphatic heterocycles. The van der Waals surface area contributed by atoms with Crippen LogP contribution in [-0.2, 0) is 0 Å². The van der Waals surface area contributed by atoms with Gasteiger partial charge in [0.15, 0.2) is 17.5 Å². The summed E-state index contributed by atoms with van der Waals surface area (Å²) in [4.78, 5) is 20.0. The molecule has 10 rings (SSSR count). The van der Waals surface area contributed by atoms with Gasteiger partial charge in [-0.1, -0.05) is 115 Å². The van der Waals surface area contributed by atoms with Crippen LogP contribution in [0.1, 0.15) is 0 Å². The smallest absolute Gasteiger partial charge is 0.164 e. The average molecular weight is 669 g/mol. The molecule has 0 bridgehead atoms. The Hall–Kier alpha value is -6.56. The molecule has 5 heteroatoms. The Bertz CT molecular complexity index is 2860. The van der Waals surface area contributed by atoms with Crippen LogP contribution < -0.4 is 0 Å². The van der Waals surface area contributed by atoms with Crippen LogP contribution in [0.5, 0.6) is 0 Å². The van der Waals surface area contributed by atoms with Crippen molar-refractivity contribution in [3.63, 3.8) is 0 Å². The lowest BCUT2D eigenvalue weighted by Crippen LogP contribution is -2.00. The molecule has 0 amide bonds. The summed E-state index contributed by atoms with van der Waals surface area (Å²) in [5, 5.41) is 6.04. The van der Waals surface area contributed by atoms with E-state index < -0.39 is 0 Å².